The molecule has 1 atom stereocenters. The maximum Gasteiger partial charge on any atom is 0.110 e. The number of hydrogen-bond acceptors (Lipinski definition) is 3. The lowest BCUT2D eigenvalue weighted by Gasteiger charge is -2.01. The van der Waals surface area contributed by atoms with Gasteiger partial charge < -0.3 is 0 Å². The van der Waals surface area contributed by atoms with Crippen molar-refractivity contribution in [1.29, 1.82) is 5.26 Å². The van der Waals surface area contributed by atoms with Crippen LogP contribution in [0.4, 0.5) is 0 Å². The van der Waals surface area contributed by atoms with Gasteiger partial charge in [-0.05, 0) is 41.3 Å². The smallest absolute Gasteiger partial charge is 0.110 e. The lowest BCUT2D eigenvalue weighted by atomic mass is 10.3. The van der Waals surface area contributed by atoms with Crippen LogP contribution in [-0.4, -0.2) is 4.21 Å². The molecule has 1 aromatic carbocycles. The fourth-order valence-electron chi connectivity index (χ4n) is 1.36. The Morgan fingerprint density at radius 2 is 2.00 bits per heavy atom. The number of nitriles is 1. The van der Waals surface area contributed by atoms with Crippen molar-refractivity contribution >= 4 is 33.7 Å². The molecule has 2 rings (SSSR count). The van der Waals surface area contributed by atoms with Crippen molar-refractivity contribution in [3.8, 4) is 6.07 Å². The Morgan fingerprint density at radius 3 is 2.65 bits per heavy atom. The van der Waals surface area contributed by atoms with E-state index < -0.39 is 10.8 Å². The number of benzene rings is 1. The molecule has 0 unspecified atom stereocenters. The van der Waals surface area contributed by atoms with Crippen molar-refractivity contribution in [2.45, 2.75) is 10.6 Å². The van der Waals surface area contributed by atoms with E-state index in [4.69, 9.17) is 16.9 Å². The highest BCUT2D eigenvalue weighted by Crippen LogP contribution is 2.20. The maximum absolute atomic E-state index is 12.1. The van der Waals surface area contributed by atoms with Crippen LogP contribution in [0.3, 0.4) is 0 Å². The maximum atomic E-state index is 12.1. The molecular weight excluding hydrogens is 274 g/mol. The molecule has 0 amide bonds. The summed E-state index contributed by atoms with van der Waals surface area (Å²) >= 11 is 7.14. The molecule has 0 N–H and O–H groups in total. The van der Waals surface area contributed by atoms with Crippen molar-refractivity contribution in [3.63, 3.8) is 0 Å². The van der Waals surface area contributed by atoms with Crippen molar-refractivity contribution in [2.75, 3.05) is 0 Å². The van der Waals surface area contributed by atoms with Gasteiger partial charge in [-0.15, -0.1) is 11.3 Å². The fraction of sp³-hybridized carbons (Fsp3) is 0.0833. The summed E-state index contributed by atoms with van der Waals surface area (Å²) < 4.78 is 12.1. The van der Waals surface area contributed by atoms with E-state index in [-0.39, 0.29) is 0 Å². The van der Waals surface area contributed by atoms with Gasteiger partial charge in [0.25, 0.3) is 0 Å². The minimum Gasteiger partial charge on any atom is -0.254 e. The van der Waals surface area contributed by atoms with Crippen LogP contribution in [-0.2, 0) is 16.6 Å². The average molecular weight is 282 g/mol. The minimum absolute atomic E-state index is 0.369. The summed E-state index contributed by atoms with van der Waals surface area (Å²) in [5, 5.41) is 11.3. The number of halogens is 1. The summed E-state index contributed by atoms with van der Waals surface area (Å²) in [6, 6.07) is 10.9. The highest BCUT2D eigenvalue weighted by atomic mass is 35.5. The second-order valence-electron chi connectivity index (χ2n) is 3.33. The Labute approximate surface area is 111 Å². The van der Waals surface area contributed by atoms with Gasteiger partial charge in [-0.2, -0.15) is 5.26 Å². The largest absolute Gasteiger partial charge is 0.254 e. The van der Waals surface area contributed by atoms with Crippen LogP contribution in [0.15, 0.2) is 40.6 Å². The van der Waals surface area contributed by atoms with Gasteiger partial charge in [-0.25, -0.2) is 0 Å². The summed E-state index contributed by atoms with van der Waals surface area (Å²) in [5.74, 6) is 0.369. The normalized spacial score (nSPS) is 12.0. The van der Waals surface area contributed by atoms with Crippen LogP contribution in [0.2, 0.25) is 5.02 Å². The van der Waals surface area contributed by atoms with Gasteiger partial charge in [0.2, 0.25) is 0 Å². The molecule has 0 fully saturated rings. The molecule has 1 heterocycles. The first-order valence-electron chi connectivity index (χ1n) is 4.81. The zero-order valence-corrected chi connectivity index (χ0v) is 11.1. The van der Waals surface area contributed by atoms with Gasteiger partial charge in [-0.1, -0.05) is 11.6 Å². The fourth-order valence-corrected chi connectivity index (χ4v) is 3.42. The molecule has 17 heavy (non-hydrogen) atoms. The minimum atomic E-state index is -1.14. The van der Waals surface area contributed by atoms with E-state index >= 15 is 0 Å². The van der Waals surface area contributed by atoms with Gasteiger partial charge in [0.15, 0.2) is 0 Å². The van der Waals surface area contributed by atoms with Gasteiger partial charge in [0.1, 0.15) is 10.9 Å². The highest BCUT2D eigenvalue weighted by Gasteiger charge is 2.09. The predicted molar refractivity (Wildman–Crippen MR) is 70.6 cm³/mol. The molecule has 2 aromatic rings. The summed E-state index contributed by atoms with van der Waals surface area (Å²) in [6.45, 7) is 0. The van der Waals surface area contributed by atoms with E-state index in [9.17, 15) is 4.21 Å². The lowest BCUT2D eigenvalue weighted by molar-refractivity contribution is 0.682. The summed E-state index contributed by atoms with van der Waals surface area (Å²) in [7, 11) is -1.14. The molecule has 0 aliphatic carbocycles. The van der Waals surface area contributed by atoms with Crippen LogP contribution in [0, 0.1) is 11.3 Å². The topological polar surface area (TPSA) is 40.9 Å². The van der Waals surface area contributed by atoms with Crippen LogP contribution in [0.1, 0.15) is 10.4 Å². The third-order valence-electron chi connectivity index (χ3n) is 2.21. The molecule has 86 valence electrons. The predicted octanol–water partition coefficient (Wildman–Crippen LogP) is 3.58. The van der Waals surface area contributed by atoms with E-state index in [1.54, 1.807) is 24.3 Å². The molecule has 5 heteroatoms. The number of thiophene rings is 1. The standard InChI is InChI=1S/C12H8ClNOS2/c13-10-1-3-11(4-2-10)17(15)8-9-5-6-16-12(9)7-14/h1-6H,8H2/t17-/m1/s1. The SMILES string of the molecule is N#Cc1sccc1C[S@@](=O)c1ccc(Cl)cc1. The van der Waals surface area contributed by atoms with Gasteiger partial charge in [0.05, 0.1) is 16.6 Å². The molecule has 0 radical (unpaired) electrons. The zero-order chi connectivity index (χ0) is 12.3. The van der Waals surface area contributed by atoms with E-state index in [0.717, 1.165) is 10.5 Å². The summed E-state index contributed by atoms with van der Waals surface area (Å²) in [6.07, 6.45) is 0. The quantitative estimate of drug-likeness (QED) is 0.863. The Balaban J connectivity index is 2.18. The van der Waals surface area contributed by atoms with Crippen LogP contribution >= 0.6 is 22.9 Å². The third-order valence-corrected chi connectivity index (χ3v) is 4.70. The van der Waals surface area contributed by atoms with Crippen molar-refractivity contribution in [3.05, 3.63) is 51.2 Å². The lowest BCUT2D eigenvalue weighted by Crippen LogP contribution is -1.96. The number of nitrogens with zero attached hydrogens (tertiary/aromatic N) is 1. The first kappa shape index (κ1) is 12.3. The Bertz CT molecular complexity index is 583. The molecule has 0 saturated carbocycles. The Kier molecular flexibility index (Phi) is 3.95. The number of rotatable bonds is 3. The van der Waals surface area contributed by atoms with E-state index in [0.29, 0.717) is 15.7 Å². The van der Waals surface area contributed by atoms with Crippen LogP contribution in [0.5, 0.6) is 0 Å². The van der Waals surface area contributed by atoms with E-state index in [1.165, 1.54) is 11.3 Å². The Morgan fingerprint density at radius 1 is 1.29 bits per heavy atom. The van der Waals surface area contributed by atoms with Gasteiger partial charge >= 0.3 is 0 Å². The molecule has 0 aliphatic heterocycles. The van der Waals surface area contributed by atoms with Crippen LogP contribution < -0.4 is 0 Å². The molecule has 0 aliphatic rings. The van der Waals surface area contributed by atoms with Gasteiger partial charge in [0, 0.05) is 9.92 Å². The summed E-state index contributed by atoms with van der Waals surface area (Å²) in [5.41, 5.74) is 0.839. The molecule has 0 spiro atoms. The summed E-state index contributed by atoms with van der Waals surface area (Å²) in [4.78, 5) is 1.36. The Hall–Kier alpha value is -1.15. The van der Waals surface area contributed by atoms with Gasteiger partial charge in [-0.3, -0.25) is 4.21 Å². The molecular formula is C12H8ClNOS2. The second-order valence-corrected chi connectivity index (χ2v) is 6.13. The van der Waals surface area contributed by atoms with E-state index in [1.807, 2.05) is 11.4 Å². The van der Waals surface area contributed by atoms with Crippen molar-refractivity contribution < 1.29 is 4.21 Å². The van der Waals surface area contributed by atoms with Crippen LogP contribution in [0.25, 0.3) is 0 Å². The molecule has 0 saturated heterocycles. The third kappa shape index (κ3) is 2.95. The van der Waals surface area contributed by atoms with E-state index in [2.05, 4.69) is 6.07 Å². The second kappa shape index (κ2) is 5.46. The number of hydrogen-bond donors (Lipinski definition) is 0. The van der Waals surface area contributed by atoms with Crippen molar-refractivity contribution in [1.82, 2.24) is 0 Å². The monoisotopic (exact) mass is 281 g/mol. The molecule has 2 nitrogen and oxygen atoms in total. The molecule has 1 aromatic heterocycles. The first-order chi connectivity index (χ1) is 8.20. The highest BCUT2D eigenvalue weighted by molar-refractivity contribution is 7.84. The molecule has 0 bridgehead atoms. The zero-order valence-electron chi connectivity index (χ0n) is 8.72. The van der Waals surface area contributed by atoms with Crippen molar-refractivity contribution in [2.24, 2.45) is 0 Å². The average Bonchev–Trinajstić information content (AvgIpc) is 2.77. The first-order valence-corrected chi connectivity index (χ1v) is 7.39.